The number of rotatable bonds is 68. The van der Waals surface area contributed by atoms with E-state index in [2.05, 4.69) is 37.5 Å². The molecule has 0 saturated heterocycles. The topological polar surface area (TPSA) is 6.48 Å². The SMILES string of the molecule is CCCCCCCCCCCCCCCCCCN(CCCCCCCCCCCCCCCCCC)C(=S)[S-].CCCCCCCCCCCCCCCCCCN(CCCCCCCCCCCCCCCCCC)C(=S)[S-].[Ca+2]. The second kappa shape index (κ2) is 79.5. The molecule has 2 nitrogen and oxygen atoms in total. The van der Waals surface area contributed by atoms with E-state index in [0.717, 1.165) is 26.2 Å². The summed E-state index contributed by atoms with van der Waals surface area (Å²) >= 11 is 21.5. The number of unbranched alkanes of at least 4 members (excludes halogenated alkanes) is 60. The number of nitrogens with zero attached hydrogens (tertiary/aromatic N) is 2. The minimum atomic E-state index is 0. The second-order valence-corrected chi connectivity index (χ2v) is 27.8. The summed E-state index contributed by atoms with van der Waals surface area (Å²) in [5.74, 6) is 0. The van der Waals surface area contributed by atoms with Gasteiger partial charge in [-0.3, -0.25) is 0 Å². The molecule has 0 radical (unpaired) electrons. The molecule has 0 aromatic heterocycles. The summed E-state index contributed by atoms with van der Waals surface area (Å²) < 4.78 is 1.39. The Morgan fingerprint density at radius 3 is 0.358 bits per heavy atom. The predicted molar refractivity (Wildman–Crippen MR) is 387 cm³/mol. The maximum Gasteiger partial charge on any atom is 2.00 e. The summed E-state index contributed by atoms with van der Waals surface area (Å²) in [6, 6.07) is 0. The van der Waals surface area contributed by atoms with Crippen LogP contribution in [-0.2, 0) is 25.3 Å². The van der Waals surface area contributed by atoms with Crippen LogP contribution in [0, 0.1) is 0 Å². The van der Waals surface area contributed by atoms with Gasteiger partial charge in [0, 0.05) is 26.2 Å². The van der Waals surface area contributed by atoms with E-state index < -0.39 is 0 Å². The second-order valence-electron chi connectivity index (χ2n) is 25.7. The van der Waals surface area contributed by atoms with Crippen molar-refractivity contribution in [3.8, 4) is 0 Å². The zero-order valence-corrected chi connectivity index (χ0v) is 61.8. The number of thiocarbonyl (C=S) groups is 2. The fraction of sp³-hybridized carbons (Fsp3) is 0.973. The normalized spacial score (nSPS) is 11.2. The van der Waals surface area contributed by atoms with E-state index >= 15 is 0 Å². The summed E-state index contributed by atoms with van der Waals surface area (Å²) in [7, 11) is 0. The molecular weight excluding hydrogens is 1090 g/mol. The molecule has 0 aliphatic carbocycles. The molecule has 0 rings (SSSR count). The van der Waals surface area contributed by atoms with Gasteiger partial charge < -0.3 is 59.5 Å². The maximum absolute atomic E-state index is 5.38. The number of hydrogen-bond acceptors (Lipinski definition) is 4. The van der Waals surface area contributed by atoms with E-state index in [0.29, 0.717) is 8.64 Å². The molecule has 0 amide bonds. The van der Waals surface area contributed by atoms with Crippen molar-refractivity contribution >= 4 is 96.1 Å². The van der Waals surface area contributed by atoms with E-state index in [-0.39, 0.29) is 37.7 Å². The maximum atomic E-state index is 5.38. The Bertz CT molecular complexity index is 983. The van der Waals surface area contributed by atoms with Crippen LogP contribution in [-0.4, -0.2) is 82.4 Å². The molecule has 0 aromatic rings. The van der Waals surface area contributed by atoms with Crippen LogP contribution in [0.15, 0.2) is 0 Å². The van der Waals surface area contributed by atoms with Crippen LogP contribution in [0.5, 0.6) is 0 Å². The van der Waals surface area contributed by atoms with Crippen LogP contribution >= 0.6 is 24.4 Å². The van der Waals surface area contributed by atoms with Gasteiger partial charge in [0.15, 0.2) is 0 Å². The first-order valence-corrected chi connectivity index (χ1v) is 39.0. The first kappa shape index (κ1) is 86.7. The molecule has 0 fully saturated rings. The molecular formula is C74H148CaN2S4. The minimum absolute atomic E-state index is 0. The van der Waals surface area contributed by atoms with Crippen LogP contribution in [0.2, 0.25) is 0 Å². The standard InChI is InChI=1S/2C37H75NS2.Ca/c2*1-3-5-7-9-11-13-15-17-19-21-23-25-27-29-31-33-35-38(37(39)40)36-34-32-30-28-26-24-22-20-18-16-14-12-10-8-6-4-2;/h2*3-36H2,1-2H3,(H,39,40);/q;;+2/p-2. The van der Waals surface area contributed by atoms with Crippen molar-refractivity contribution in [3.05, 3.63) is 0 Å². The van der Waals surface area contributed by atoms with Crippen LogP contribution < -0.4 is 0 Å². The third kappa shape index (κ3) is 77.5. The van der Waals surface area contributed by atoms with Crippen molar-refractivity contribution in [1.82, 2.24) is 9.80 Å². The average molecular weight is 1230 g/mol. The largest absolute Gasteiger partial charge is 2.00 e. The third-order valence-electron chi connectivity index (χ3n) is 17.6. The van der Waals surface area contributed by atoms with Gasteiger partial charge >= 0.3 is 37.7 Å². The van der Waals surface area contributed by atoms with Crippen molar-refractivity contribution in [2.75, 3.05) is 26.2 Å². The Morgan fingerprint density at radius 2 is 0.272 bits per heavy atom. The molecule has 0 N–H and O–H groups in total. The predicted octanol–water partition coefficient (Wildman–Crippen LogP) is 26.9. The zero-order valence-electron chi connectivity index (χ0n) is 56.3. The summed E-state index contributed by atoms with van der Waals surface area (Å²) in [6.45, 7) is 13.5. The van der Waals surface area contributed by atoms with Crippen molar-refractivity contribution in [1.29, 1.82) is 0 Å². The van der Waals surface area contributed by atoms with Gasteiger partial charge in [0.2, 0.25) is 0 Å². The summed E-state index contributed by atoms with van der Waals surface area (Å²) in [5.41, 5.74) is 0. The Morgan fingerprint density at radius 1 is 0.185 bits per heavy atom. The molecule has 7 heteroatoms. The molecule has 0 saturated carbocycles. The Hall–Kier alpha value is 1.48. The molecule has 0 spiro atoms. The summed E-state index contributed by atoms with van der Waals surface area (Å²) in [5, 5.41) is 0. The molecule has 0 aliphatic heterocycles. The van der Waals surface area contributed by atoms with Crippen molar-refractivity contribution in [2.24, 2.45) is 0 Å². The molecule has 0 atom stereocenters. The Balaban J connectivity index is -0.00000148. The van der Waals surface area contributed by atoms with E-state index in [9.17, 15) is 0 Å². The van der Waals surface area contributed by atoms with Crippen molar-refractivity contribution in [2.45, 2.75) is 439 Å². The Kier molecular flexibility index (Phi) is 85.1. The van der Waals surface area contributed by atoms with E-state index in [1.54, 1.807) is 0 Å². The smallest absolute Gasteiger partial charge is 0.411 e. The van der Waals surface area contributed by atoms with Gasteiger partial charge in [-0.05, 0) is 25.7 Å². The van der Waals surface area contributed by atoms with Crippen LogP contribution in [0.25, 0.3) is 0 Å². The summed E-state index contributed by atoms with van der Waals surface area (Å²) in [4.78, 5) is 4.61. The quantitative estimate of drug-likeness (QED) is 0.0257. The molecule has 0 heterocycles. The van der Waals surface area contributed by atoms with Crippen molar-refractivity contribution in [3.63, 3.8) is 0 Å². The van der Waals surface area contributed by atoms with Gasteiger partial charge in [0.25, 0.3) is 0 Å². The molecule has 0 unspecified atom stereocenters. The van der Waals surface area contributed by atoms with Gasteiger partial charge in [-0.25, -0.2) is 0 Å². The minimum Gasteiger partial charge on any atom is -0.411 e. The van der Waals surface area contributed by atoms with Gasteiger partial charge in [-0.1, -0.05) is 422 Å². The van der Waals surface area contributed by atoms with Gasteiger partial charge in [0.1, 0.15) is 0 Å². The van der Waals surface area contributed by atoms with Crippen molar-refractivity contribution < 1.29 is 0 Å². The first-order valence-electron chi connectivity index (χ1n) is 37.4. The molecule has 0 bridgehead atoms. The monoisotopic (exact) mass is 1230 g/mol. The zero-order chi connectivity index (χ0) is 58.4. The van der Waals surface area contributed by atoms with Gasteiger partial charge in [-0.2, -0.15) is 0 Å². The molecule has 81 heavy (non-hydrogen) atoms. The molecule has 480 valence electrons. The third-order valence-corrected chi connectivity index (χ3v) is 18.7. The first-order chi connectivity index (χ1) is 39.4. The van der Waals surface area contributed by atoms with Crippen LogP contribution in [0.4, 0.5) is 0 Å². The molecule has 0 aliphatic rings. The van der Waals surface area contributed by atoms with Crippen LogP contribution in [0.3, 0.4) is 0 Å². The Labute approximate surface area is 565 Å². The van der Waals surface area contributed by atoms with Gasteiger partial charge in [-0.15, -0.1) is 0 Å². The number of hydrogen-bond donors (Lipinski definition) is 0. The van der Waals surface area contributed by atoms with Gasteiger partial charge in [0.05, 0.1) is 0 Å². The fourth-order valence-electron chi connectivity index (χ4n) is 12.0. The van der Waals surface area contributed by atoms with Crippen LogP contribution in [0.1, 0.15) is 439 Å². The summed E-state index contributed by atoms with van der Waals surface area (Å²) in [6.07, 6.45) is 91.0. The average Bonchev–Trinajstić information content (AvgIpc) is 3.45. The van der Waals surface area contributed by atoms with E-state index in [1.165, 1.54) is 411 Å². The fourth-order valence-corrected chi connectivity index (χ4v) is 12.7. The van der Waals surface area contributed by atoms with E-state index in [1.807, 2.05) is 0 Å². The van der Waals surface area contributed by atoms with E-state index in [4.69, 9.17) is 49.7 Å². The molecule has 0 aromatic carbocycles.